The average Bonchev–Trinajstić information content (AvgIpc) is 3.16. The smallest absolute Gasteiger partial charge is 0.243 e. The van der Waals surface area contributed by atoms with Crippen molar-refractivity contribution < 1.29 is 13.2 Å². The number of rotatable bonds is 4. The van der Waals surface area contributed by atoms with Gasteiger partial charge in [0, 0.05) is 49.0 Å². The lowest BCUT2D eigenvalue weighted by atomic mass is 10.2. The van der Waals surface area contributed by atoms with Crippen LogP contribution < -0.4 is 9.64 Å². The molecule has 0 spiro atoms. The summed E-state index contributed by atoms with van der Waals surface area (Å²) in [7, 11) is -1.91. The monoisotopic (exact) mass is 371 g/mol. The van der Waals surface area contributed by atoms with E-state index in [4.69, 9.17) is 4.74 Å². The molecule has 1 aromatic heterocycles. The molecule has 136 valence electrons. The van der Waals surface area contributed by atoms with E-state index in [1.54, 1.807) is 35.7 Å². The Hall–Kier alpha value is -2.51. The number of piperazine rings is 1. The molecular formula is C19H21N3O3S. The highest BCUT2D eigenvalue weighted by Gasteiger charge is 2.28. The number of hydrogen-bond donors (Lipinski definition) is 1. The van der Waals surface area contributed by atoms with Gasteiger partial charge in [0.05, 0.1) is 12.0 Å². The number of aromatic amines is 1. The van der Waals surface area contributed by atoms with Gasteiger partial charge in [-0.25, -0.2) is 8.42 Å². The number of nitrogens with zero attached hydrogens (tertiary/aromatic N) is 2. The van der Waals surface area contributed by atoms with Crippen LogP contribution >= 0.6 is 0 Å². The third-order valence-corrected chi connectivity index (χ3v) is 6.75. The predicted molar refractivity (Wildman–Crippen MR) is 102 cm³/mol. The number of benzene rings is 2. The van der Waals surface area contributed by atoms with Crippen molar-refractivity contribution in [2.45, 2.75) is 4.90 Å². The molecule has 0 bridgehead atoms. The van der Waals surface area contributed by atoms with E-state index in [0.717, 1.165) is 16.6 Å². The largest absolute Gasteiger partial charge is 0.497 e. The van der Waals surface area contributed by atoms with E-state index in [1.807, 2.05) is 12.3 Å². The first-order chi connectivity index (χ1) is 12.6. The number of sulfonamides is 1. The van der Waals surface area contributed by atoms with Crippen molar-refractivity contribution in [3.05, 3.63) is 54.7 Å². The molecule has 1 aliphatic heterocycles. The second kappa shape index (κ2) is 6.66. The van der Waals surface area contributed by atoms with Gasteiger partial charge in [-0.15, -0.1) is 0 Å². The van der Waals surface area contributed by atoms with E-state index in [1.165, 1.54) is 0 Å². The van der Waals surface area contributed by atoms with Gasteiger partial charge in [-0.05, 0) is 48.5 Å². The van der Waals surface area contributed by atoms with Crippen LogP contribution in [0.25, 0.3) is 10.9 Å². The van der Waals surface area contributed by atoms with Gasteiger partial charge >= 0.3 is 0 Å². The van der Waals surface area contributed by atoms with Crippen molar-refractivity contribution in [2.75, 3.05) is 38.2 Å². The van der Waals surface area contributed by atoms with Crippen LogP contribution in [-0.4, -0.2) is 51.0 Å². The Morgan fingerprint density at radius 1 is 0.962 bits per heavy atom. The summed E-state index contributed by atoms with van der Waals surface area (Å²) >= 11 is 0. The number of fused-ring (bicyclic) bond motifs is 1. The Morgan fingerprint density at radius 2 is 1.69 bits per heavy atom. The molecule has 0 unspecified atom stereocenters. The number of ether oxygens (including phenoxy) is 1. The second-order valence-electron chi connectivity index (χ2n) is 6.32. The van der Waals surface area contributed by atoms with E-state index in [9.17, 15) is 8.42 Å². The maximum atomic E-state index is 12.8. The summed E-state index contributed by atoms with van der Waals surface area (Å²) in [5.74, 6) is 0.647. The zero-order chi connectivity index (χ0) is 18.1. The summed E-state index contributed by atoms with van der Waals surface area (Å²) in [5.41, 5.74) is 2.23. The molecule has 0 aliphatic carbocycles. The van der Waals surface area contributed by atoms with Crippen molar-refractivity contribution in [1.29, 1.82) is 0 Å². The minimum absolute atomic E-state index is 0.306. The van der Waals surface area contributed by atoms with Gasteiger partial charge in [0.25, 0.3) is 0 Å². The molecule has 0 saturated carbocycles. The van der Waals surface area contributed by atoms with E-state index < -0.39 is 10.0 Å². The summed E-state index contributed by atoms with van der Waals surface area (Å²) < 4.78 is 32.3. The van der Waals surface area contributed by atoms with Crippen LogP contribution in [0.3, 0.4) is 0 Å². The number of hydrogen-bond acceptors (Lipinski definition) is 4. The predicted octanol–water partition coefficient (Wildman–Crippen LogP) is 2.69. The number of aromatic nitrogens is 1. The SMILES string of the molecule is COc1ccc(S(=O)(=O)N2CCN(c3ccc4[nH]ccc4c3)CC2)cc1. The van der Waals surface area contributed by atoms with Crippen molar-refractivity contribution in [1.82, 2.24) is 9.29 Å². The van der Waals surface area contributed by atoms with E-state index in [-0.39, 0.29) is 0 Å². The topological polar surface area (TPSA) is 65.6 Å². The standard InChI is InChI=1S/C19H21N3O3S/c1-25-17-3-5-18(6-4-17)26(23,24)22-12-10-21(11-13-22)16-2-7-19-15(14-16)8-9-20-19/h2-9,14,20H,10-13H2,1H3. The molecule has 26 heavy (non-hydrogen) atoms. The Balaban J connectivity index is 1.48. The zero-order valence-electron chi connectivity index (χ0n) is 14.6. The van der Waals surface area contributed by atoms with Crippen molar-refractivity contribution in [3.63, 3.8) is 0 Å². The van der Waals surface area contributed by atoms with E-state index in [2.05, 4.69) is 28.1 Å². The van der Waals surface area contributed by atoms with Gasteiger partial charge in [-0.1, -0.05) is 0 Å². The summed E-state index contributed by atoms with van der Waals surface area (Å²) in [6.45, 7) is 2.29. The lowest BCUT2D eigenvalue weighted by molar-refractivity contribution is 0.384. The average molecular weight is 371 g/mol. The fourth-order valence-corrected chi connectivity index (χ4v) is 4.74. The summed E-state index contributed by atoms with van der Waals surface area (Å²) in [6, 6.07) is 14.9. The highest BCUT2D eigenvalue weighted by atomic mass is 32.2. The van der Waals surface area contributed by atoms with Gasteiger partial charge in [-0.2, -0.15) is 4.31 Å². The van der Waals surface area contributed by atoms with E-state index >= 15 is 0 Å². The number of H-pyrrole nitrogens is 1. The first-order valence-electron chi connectivity index (χ1n) is 8.54. The molecular weight excluding hydrogens is 350 g/mol. The van der Waals surface area contributed by atoms with Crippen LogP contribution in [0.2, 0.25) is 0 Å². The van der Waals surface area contributed by atoms with Gasteiger partial charge < -0.3 is 14.6 Å². The second-order valence-corrected chi connectivity index (χ2v) is 8.25. The van der Waals surface area contributed by atoms with Crippen molar-refractivity contribution in [3.8, 4) is 5.75 Å². The highest BCUT2D eigenvalue weighted by Crippen LogP contribution is 2.25. The Kier molecular flexibility index (Phi) is 4.34. The minimum atomic E-state index is -3.47. The molecule has 2 aromatic carbocycles. The Labute approximate surface area is 153 Å². The normalized spacial score (nSPS) is 16.1. The molecule has 1 saturated heterocycles. The Morgan fingerprint density at radius 3 is 2.38 bits per heavy atom. The fraction of sp³-hybridized carbons (Fsp3) is 0.263. The lowest BCUT2D eigenvalue weighted by Crippen LogP contribution is -2.48. The molecule has 0 radical (unpaired) electrons. The first kappa shape index (κ1) is 16.9. The fourth-order valence-electron chi connectivity index (χ4n) is 3.32. The van der Waals surface area contributed by atoms with Crippen LogP contribution in [-0.2, 0) is 10.0 Å². The van der Waals surface area contributed by atoms with Gasteiger partial charge in [-0.3, -0.25) is 0 Å². The van der Waals surface area contributed by atoms with Crippen LogP contribution in [0.5, 0.6) is 5.75 Å². The first-order valence-corrected chi connectivity index (χ1v) is 9.98. The lowest BCUT2D eigenvalue weighted by Gasteiger charge is -2.35. The van der Waals surface area contributed by atoms with Crippen LogP contribution in [0.15, 0.2) is 59.6 Å². The van der Waals surface area contributed by atoms with Gasteiger partial charge in [0.15, 0.2) is 0 Å². The molecule has 1 N–H and O–H groups in total. The van der Waals surface area contributed by atoms with Crippen LogP contribution in [0.1, 0.15) is 0 Å². The minimum Gasteiger partial charge on any atom is -0.497 e. The summed E-state index contributed by atoms with van der Waals surface area (Å²) in [6.07, 6.45) is 1.92. The molecule has 3 aromatic rings. The number of methoxy groups -OCH3 is 1. The maximum Gasteiger partial charge on any atom is 0.243 e. The molecule has 6 nitrogen and oxygen atoms in total. The molecule has 1 fully saturated rings. The van der Waals surface area contributed by atoms with Crippen LogP contribution in [0.4, 0.5) is 5.69 Å². The van der Waals surface area contributed by atoms with E-state index in [0.29, 0.717) is 36.8 Å². The highest BCUT2D eigenvalue weighted by molar-refractivity contribution is 7.89. The molecule has 7 heteroatoms. The van der Waals surface area contributed by atoms with Crippen LogP contribution in [0, 0.1) is 0 Å². The molecule has 2 heterocycles. The van der Waals surface area contributed by atoms with Crippen molar-refractivity contribution >= 4 is 26.6 Å². The number of nitrogens with one attached hydrogen (secondary N) is 1. The maximum absolute atomic E-state index is 12.8. The number of anilines is 1. The third-order valence-electron chi connectivity index (χ3n) is 4.84. The van der Waals surface area contributed by atoms with Crippen molar-refractivity contribution in [2.24, 2.45) is 0 Å². The molecule has 0 amide bonds. The molecule has 0 atom stereocenters. The zero-order valence-corrected chi connectivity index (χ0v) is 15.4. The summed E-state index contributed by atoms with van der Waals surface area (Å²) in [4.78, 5) is 5.72. The Bertz CT molecular complexity index is 1000. The quantitative estimate of drug-likeness (QED) is 0.766. The van der Waals surface area contributed by atoms with Gasteiger partial charge in [0.2, 0.25) is 10.0 Å². The third kappa shape index (κ3) is 3.04. The van der Waals surface area contributed by atoms with Gasteiger partial charge in [0.1, 0.15) is 5.75 Å². The summed E-state index contributed by atoms with van der Waals surface area (Å²) in [5, 5.41) is 1.16. The molecule has 4 rings (SSSR count). The molecule has 1 aliphatic rings.